The summed E-state index contributed by atoms with van der Waals surface area (Å²) in [5.41, 5.74) is 2.09. The number of carboxylic acids is 1. The molecule has 0 aliphatic rings. The zero-order valence-corrected chi connectivity index (χ0v) is 15.4. The Bertz CT molecular complexity index is 809. The Morgan fingerprint density at radius 3 is 2.11 bits per heavy atom. The average Bonchev–Trinajstić information content (AvgIpc) is 3.16. The van der Waals surface area contributed by atoms with E-state index in [-0.39, 0.29) is 5.92 Å². The molecule has 0 saturated carbocycles. The van der Waals surface area contributed by atoms with Crippen molar-refractivity contribution < 1.29 is 9.90 Å². The van der Waals surface area contributed by atoms with Crippen molar-refractivity contribution in [3.63, 3.8) is 0 Å². The van der Waals surface area contributed by atoms with Crippen LogP contribution in [0.3, 0.4) is 0 Å². The van der Waals surface area contributed by atoms with Gasteiger partial charge >= 0.3 is 5.97 Å². The van der Waals surface area contributed by atoms with Crippen LogP contribution in [0.4, 0.5) is 0 Å². The number of carbonyl (C=O) groups is 1. The quantitative estimate of drug-likeness (QED) is 0.579. The number of benzene rings is 2. The summed E-state index contributed by atoms with van der Waals surface area (Å²) < 4.78 is 0. The first-order chi connectivity index (χ1) is 13.2. The molecule has 1 heterocycles. The van der Waals surface area contributed by atoms with Gasteiger partial charge < -0.3 is 5.11 Å². The minimum absolute atomic E-state index is 0.189. The van der Waals surface area contributed by atoms with Crippen LogP contribution in [0.1, 0.15) is 61.5 Å². The number of aliphatic carboxylic acids is 1. The van der Waals surface area contributed by atoms with Crippen LogP contribution in [0, 0.1) is 0 Å². The van der Waals surface area contributed by atoms with Gasteiger partial charge in [0, 0.05) is 0 Å². The van der Waals surface area contributed by atoms with Crippen LogP contribution in [-0.4, -0.2) is 31.3 Å². The van der Waals surface area contributed by atoms with Gasteiger partial charge in [-0.15, -0.1) is 15.0 Å². The molecule has 0 spiro atoms. The molecule has 1 unspecified atom stereocenters. The highest BCUT2D eigenvalue weighted by Gasteiger charge is 2.26. The molecule has 0 aliphatic carbocycles. The molecular formula is C21H24N4O2. The van der Waals surface area contributed by atoms with Crippen LogP contribution >= 0.6 is 0 Å². The first-order valence-electron chi connectivity index (χ1n) is 9.32. The third-order valence-corrected chi connectivity index (χ3v) is 4.61. The zero-order chi connectivity index (χ0) is 19.1. The molecule has 140 valence electrons. The summed E-state index contributed by atoms with van der Waals surface area (Å²) in [6.07, 6.45) is 3.35. The first-order valence-corrected chi connectivity index (χ1v) is 9.32. The lowest BCUT2D eigenvalue weighted by Crippen LogP contribution is -2.22. The van der Waals surface area contributed by atoms with Crippen LogP contribution < -0.4 is 0 Å². The molecule has 27 heavy (non-hydrogen) atoms. The van der Waals surface area contributed by atoms with E-state index < -0.39 is 12.0 Å². The Morgan fingerprint density at radius 2 is 1.59 bits per heavy atom. The first kappa shape index (κ1) is 18.8. The molecule has 3 aromatic rings. The van der Waals surface area contributed by atoms with Crippen LogP contribution in [0.5, 0.6) is 0 Å². The van der Waals surface area contributed by atoms with E-state index in [0.717, 1.165) is 30.4 Å². The molecule has 2 aromatic carbocycles. The highest BCUT2D eigenvalue weighted by molar-refractivity contribution is 5.71. The van der Waals surface area contributed by atoms with Crippen molar-refractivity contribution in [2.45, 2.75) is 44.6 Å². The molecular weight excluding hydrogens is 340 g/mol. The largest absolute Gasteiger partial charge is 0.480 e. The lowest BCUT2D eigenvalue weighted by Gasteiger charge is -2.14. The Kier molecular flexibility index (Phi) is 6.30. The zero-order valence-electron chi connectivity index (χ0n) is 15.4. The van der Waals surface area contributed by atoms with Crippen molar-refractivity contribution in [1.29, 1.82) is 0 Å². The maximum atomic E-state index is 11.7. The predicted octanol–water partition coefficient (Wildman–Crippen LogP) is 4.06. The minimum Gasteiger partial charge on any atom is -0.480 e. The van der Waals surface area contributed by atoms with Crippen molar-refractivity contribution in [3.8, 4) is 0 Å². The number of nitrogens with zero attached hydrogens (tertiary/aromatic N) is 4. The van der Waals surface area contributed by atoms with Crippen molar-refractivity contribution in [1.82, 2.24) is 20.2 Å². The van der Waals surface area contributed by atoms with E-state index in [0.29, 0.717) is 12.2 Å². The fourth-order valence-corrected chi connectivity index (χ4v) is 3.19. The molecule has 0 amide bonds. The molecule has 1 aromatic heterocycles. The predicted molar refractivity (Wildman–Crippen MR) is 102 cm³/mol. The van der Waals surface area contributed by atoms with Crippen molar-refractivity contribution in [2.75, 3.05) is 0 Å². The molecule has 0 aliphatic heterocycles. The van der Waals surface area contributed by atoms with Gasteiger partial charge in [0.15, 0.2) is 11.9 Å². The van der Waals surface area contributed by atoms with Gasteiger partial charge in [-0.3, -0.25) is 0 Å². The number of aromatic nitrogens is 4. The van der Waals surface area contributed by atoms with Crippen LogP contribution in [0.15, 0.2) is 60.7 Å². The lowest BCUT2D eigenvalue weighted by molar-refractivity contribution is -0.141. The van der Waals surface area contributed by atoms with Crippen molar-refractivity contribution >= 4 is 5.97 Å². The summed E-state index contributed by atoms with van der Waals surface area (Å²) in [4.78, 5) is 12.9. The SMILES string of the molecule is CCCCCC(C(=O)O)n1nnc(C(c2ccccc2)c2ccccc2)n1. The Balaban J connectivity index is 1.94. The summed E-state index contributed by atoms with van der Waals surface area (Å²) in [6, 6.07) is 19.1. The number of tetrazole rings is 1. The van der Waals surface area contributed by atoms with E-state index in [2.05, 4.69) is 22.3 Å². The summed E-state index contributed by atoms with van der Waals surface area (Å²) >= 11 is 0. The highest BCUT2D eigenvalue weighted by atomic mass is 16.4. The maximum absolute atomic E-state index is 11.7. The number of carboxylic acid groups (broad SMARTS) is 1. The molecule has 6 heteroatoms. The fraction of sp³-hybridized carbons (Fsp3) is 0.333. The van der Waals surface area contributed by atoms with Crippen molar-refractivity contribution in [2.24, 2.45) is 0 Å². The molecule has 1 N–H and O–H groups in total. The van der Waals surface area contributed by atoms with Gasteiger partial charge in [-0.1, -0.05) is 86.8 Å². The van der Waals surface area contributed by atoms with Gasteiger partial charge in [-0.25, -0.2) is 4.79 Å². The second-order valence-corrected chi connectivity index (χ2v) is 6.57. The van der Waals surface area contributed by atoms with E-state index in [9.17, 15) is 9.90 Å². The second kappa shape index (κ2) is 9.07. The Hall–Kier alpha value is -3.02. The maximum Gasteiger partial charge on any atom is 0.330 e. The smallest absolute Gasteiger partial charge is 0.330 e. The number of hydrogen-bond donors (Lipinski definition) is 1. The molecule has 0 bridgehead atoms. The van der Waals surface area contributed by atoms with Crippen LogP contribution in [0.25, 0.3) is 0 Å². The summed E-state index contributed by atoms with van der Waals surface area (Å²) in [5.74, 6) is -0.605. The third kappa shape index (κ3) is 4.58. The standard InChI is InChI=1S/C21H24N4O2/c1-2-3-6-15-18(21(26)27)25-23-20(22-24-25)19(16-11-7-4-8-12-16)17-13-9-5-10-14-17/h4-5,7-14,18-19H,2-3,6,15H2,1H3,(H,26,27). The van der Waals surface area contributed by atoms with Crippen molar-refractivity contribution in [3.05, 3.63) is 77.6 Å². The molecule has 0 saturated heterocycles. The van der Waals surface area contributed by atoms with E-state index in [1.54, 1.807) is 0 Å². The Labute approximate surface area is 158 Å². The van der Waals surface area contributed by atoms with E-state index in [4.69, 9.17) is 0 Å². The molecule has 0 fully saturated rings. The average molecular weight is 364 g/mol. The summed E-state index contributed by atoms with van der Waals surface area (Å²) in [5, 5.41) is 22.4. The molecule has 1 atom stereocenters. The third-order valence-electron chi connectivity index (χ3n) is 4.61. The number of rotatable bonds is 9. The van der Waals surface area contributed by atoms with E-state index in [1.165, 1.54) is 4.80 Å². The topological polar surface area (TPSA) is 80.9 Å². The van der Waals surface area contributed by atoms with Gasteiger partial charge in [0.2, 0.25) is 0 Å². The molecule has 0 radical (unpaired) electrons. The molecule has 3 rings (SSSR count). The Morgan fingerprint density at radius 1 is 1.00 bits per heavy atom. The summed E-state index contributed by atoms with van der Waals surface area (Å²) in [7, 11) is 0. The van der Waals surface area contributed by atoms with E-state index in [1.807, 2.05) is 60.7 Å². The summed E-state index contributed by atoms with van der Waals surface area (Å²) in [6.45, 7) is 2.09. The highest BCUT2D eigenvalue weighted by Crippen LogP contribution is 2.29. The van der Waals surface area contributed by atoms with Gasteiger partial charge in [0.1, 0.15) is 0 Å². The van der Waals surface area contributed by atoms with Crippen LogP contribution in [-0.2, 0) is 4.79 Å². The molecule has 6 nitrogen and oxygen atoms in total. The fourth-order valence-electron chi connectivity index (χ4n) is 3.19. The van der Waals surface area contributed by atoms with E-state index >= 15 is 0 Å². The van der Waals surface area contributed by atoms with Gasteiger partial charge in [0.25, 0.3) is 0 Å². The second-order valence-electron chi connectivity index (χ2n) is 6.57. The monoisotopic (exact) mass is 364 g/mol. The lowest BCUT2D eigenvalue weighted by atomic mass is 9.91. The normalized spacial score (nSPS) is 12.2. The van der Waals surface area contributed by atoms with Gasteiger partial charge in [0.05, 0.1) is 5.92 Å². The van der Waals surface area contributed by atoms with Crippen LogP contribution in [0.2, 0.25) is 0 Å². The number of unbranched alkanes of at least 4 members (excludes halogenated alkanes) is 2. The minimum atomic E-state index is -0.925. The van der Waals surface area contributed by atoms with Gasteiger partial charge in [-0.2, -0.15) is 0 Å². The number of hydrogen-bond acceptors (Lipinski definition) is 4. The van der Waals surface area contributed by atoms with Gasteiger partial charge in [-0.05, 0) is 22.8 Å².